The van der Waals surface area contributed by atoms with Crippen LogP contribution < -0.4 is 10.2 Å². The first-order valence-corrected chi connectivity index (χ1v) is 9.24. The third-order valence-corrected chi connectivity index (χ3v) is 5.14. The summed E-state index contributed by atoms with van der Waals surface area (Å²) in [5.41, 5.74) is 0.0648. The number of urea groups is 1. The van der Waals surface area contributed by atoms with Gasteiger partial charge in [0, 0.05) is 24.3 Å². The van der Waals surface area contributed by atoms with Crippen LogP contribution in [0.15, 0.2) is 41.1 Å². The third-order valence-electron chi connectivity index (χ3n) is 4.61. The number of hydrogen-bond donors (Lipinski definition) is 1. The zero-order valence-corrected chi connectivity index (χ0v) is 16.9. The summed E-state index contributed by atoms with van der Waals surface area (Å²) >= 11 is 3.35. The van der Waals surface area contributed by atoms with Gasteiger partial charge in [0.05, 0.1) is 11.9 Å². The van der Waals surface area contributed by atoms with Crippen LogP contribution in [0.5, 0.6) is 0 Å². The molecule has 2 aromatic rings. The number of carbonyl (C=O) groups excluding carboxylic acids is 3. The van der Waals surface area contributed by atoms with E-state index in [2.05, 4.69) is 26.3 Å². The van der Waals surface area contributed by atoms with Crippen molar-refractivity contribution < 1.29 is 14.4 Å². The first-order valence-electron chi connectivity index (χ1n) is 8.45. The van der Waals surface area contributed by atoms with Gasteiger partial charge in [-0.15, -0.1) is 0 Å². The van der Waals surface area contributed by atoms with Crippen LogP contribution in [0.1, 0.15) is 19.4 Å². The number of halogens is 1. The van der Waals surface area contributed by atoms with Gasteiger partial charge in [0.25, 0.3) is 5.91 Å². The molecule has 0 spiro atoms. The third kappa shape index (κ3) is 3.46. The van der Waals surface area contributed by atoms with Crippen molar-refractivity contribution in [1.82, 2.24) is 20.0 Å². The minimum atomic E-state index is -1.20. The average molecular weight is 434 g/mol. The molecule has 9 heteroatoms. The number of imide groups is 1. The molecule has 1 N–H and O–H groups in total. The molecule has 1 atom stereocenters. The molecular formula is C18H20BrN5O3. The maximum Gasteiger partial charge on any atom is 0.325 e. The number of nitrogens with zero attached hydrogens (tertiary/aromatic N) is 4. The molecule has 27 heavy (non-hydrogen) atoms. The fourth-order valence-electron chi connectivity index (χ4n) is 3.09. The number of aromatic nitrogens is 2. The van der Waals surface area contributed by atoms with E-state index in [0.717, 1.165) is 9.37 Å². The molecule has 1 aliphatic rings. The maximum atomic E-state index is 13.0. The van der Waals surface area contributed by atoms with E-state index < -0.39 is 17.5 Å². The number of carbonyl (C=O) groups is 3. The van der Waals surface area contributed by atoms with Gasteiger partial charge in [-0.3, -0.25) is 19.2 Å². The van der Waals surface area contributed by atoms with Crippen molar-refractivity contribution in [3.8, 4) is 0 Å². The molecule has 3 rings (SSSR count). The van der Waals surface area contributed by atoms with Crippen molar-refractivity contribution in [3.05, 3.63) is 46.7 Å². The van der Waals surface area contributed by atoms with Gasteiger partial charge in [-0.05, 0) is 31.5 Å². The lowest BCUT2D eigenvalue weighted by molar-refractivity contribution is -0.134. The van der Waals surface area contributed by atoms with Gasteiger partial charge in [0.1, 0.15) is 12.1 Å². The molecule has 1 aromatic heterocycles. The standard InChI is InChI=1S/C18H20BrN5O3/c1-4-23(14-9-20-22(3)10-14)15(25)11-24-16(26)18(2,21-17(24)27)12-5-7-13(19)8-6-12/h5-10H,4,11H2,1-3H3,(H,21,27). The summed E-state index contributed by atoms with van der Waals surface area (Å²) < 4.78 is 2.46. The fourth-order valence-corrected chi connectivity index (χ4v) is 3.35. The Labute approximate surface area is 165 Å². The summed E-state index contributed by atoms with van der Waals surface area (Å²) in [6.07, 6.45) is 3.28. The Balaban J connectivity index is 1.81. The fraction of sp³-hybridized carbons (Fsp3) is 0.333. The van der Waals surface area contributed by atoms with Gasteiger partial charge >= 0.3 is 6.03 Å². The highest BCUT2D eigenvalue weighted by molar-refractivity contribution is 9.10. The van der Waals surface area contributed by atoms with Crippen LogP contribution in [0.2, 0.25) is 0 Å². The Bertz CT molecular complexity index is 895. The van der Waals surface area contributed by atoms with Crippen LogP contribution in [0.3, 0.4) is 0 Å². The first kappa shape index (κ1) is 19.1. The molecule has 4 amide bonds. The second kappa shape index (κ2) is 7.15. The van der Waals surface area contributed by atoms with E-state index in [1.165, 1.54) is 4.90 Å². The van der Waals surface area contributed by atoms with Gasteiger partial charge in [0.2, 0.25) is 5.91 Å². The second-order valence-corrected chi connectivity index (χ2v) is 7.38. The summed E-state index contributed by atoms with van der Waals surface area (Å²) in [5.74, 6) is -0.806. The van der Waals surface area contributed by atoms with Gasteiger partial charge in [-0.1, -0.05) is 28.1 Å². The normalized spacial score (nSPS) is 19.3. The Kier molecular flexibility index (Phi) is 5.05. The number of nitrogens with one attached hydrogen (secondary N) is 1. The van der Waals surface area contributed by atoms with Crippen molar-refractivity contribution >= 4 is 39.5 Å². The van der Waals surface area contributed by atoms with Crippen LogP contribution in [0.25, 0.3) is 0 Å². The predicted molar refractivity (Wildman–Crippen MR) is 103 cm³/mol. The zero-order valence-electron chi connectivity index (χ0n) is 15.3. The topological polar surface area (TPSA) is 87.5 Å². The Morgan fingerprint density at radius 2 is 1.96 bits per heavy atom. The first-order chi connectivity index (χ1) is 12.8. The van der Waals surface area contributed by atoms with E-state index >= 15 is 0 Å². The highest BCUT2D eigenvalue weighted by atomic mass is 79.9. The molecular weight excluding hydrogens is 414 g/mol. The van der Waals surface area contributed by atoms with Gasteiger partial charge in [-0.2, -0.15) is 5.10 Å². The quantitative estimate of drug-likeness (QED) is 0.730. The molecule has 1 unspecified atom stereocenters. The lowest BCUT2D eigenvalue weighted by Gasteiger charge is -2.24. The Hall–Kier alpha value is -2.68. The number of likely N-dealkylation sites (N-methyl/N-ethyl adjacent to an activating group) is 1. The Morgan fingerprint density at radius 3 is 2.52 bits per heavy atom. The van der Waals surface area contributed by atoms with Crippen molar-refractivity contribution in [2.75, 3.05) is 18.0 Å². The smallest absolute Gasteiger partial charge is 0.319 e. The van der Waals surface area contributed by atoms with Crippen molar-refractivity contribution in [3.63, 3.8) is 0 Å². The van der Waals surface area contributed by atoms with Crippen LogP contribution in [0.4, 0.5) is 10.5 Å². The number of hydrogen-bond acceptors (Lipinski definition) is 4. The molecule has 0 bridgehead atoms. The van der Waals surface area contributed by atoms with Gasteiger partial charge in [0.15, 0.2) is 0 Å². The van der Waals surface area contributed by atoms with E-state index in [0.29, 0.717) is 17.8 Å². The molecule has 1 aromatic carbocycles. The molecule has 2 heterocycles. The largest absolute Gasteiger partial charge is 0.325 e. The minimum absolute atomic E-state index is 0.334. The molecule has 0 saturated carbocycles. The molecule has 0 aliphatic carbocycles. The monoisotopic (exact) mass is 433 g/mol. The van der Waals surface area contributed by atoms with E-state index in [1.54, 1.807) is 55.3 Å². The number of rotatable bonds is 5. The summed E-state index contributed by atoms with van der Waals surface area (Å²) in [4.78, 5) is 40.6. The maximum absolute atomic E-state index is 13.0. The number of aryl methyl sites for hydroxylation is 1. The molecule has 1 fully saturated rings. The average Bonchev–Trinajstić information content (AvgIpc) is 3.13. The molecule has 142 valence electrons. The summed E-state index contributed by atoms with van der Waals surface area (Å²) in [6.45, 7) is 3.53. The number of amides is 4. The van der Waals surface area contributed by atoms with Gasteiger partial charge in [-0.25, -0.2) is 4.79 Å². The molecule has 0 radical (unpaired) electrons. The van der Waals surface area contributed by atoms with Crippen LogP contribution in [-0.4, -0.2) is 45.6 Å². The minimum Gasteiger partial charge on any atom is -0.319 e. The van der Waals surface area contributed by atoms with E-state index in [1.807, 2.05) is 6.92 Å². The van der Waals surface area contributed by atoms with Gasteiger partial charge < -0.3 is 10.2 Å². The Morgan fingerprint density at radius 1 is 1.30 bits per heavy atom. The second-order valence-electron chi connectivity index (χ2n) is 6.46. The number of benzene rings is 1. The molecule has 1 saturated heterocycles. The lowest BCUT2D eigenvalue weighted by atomic mass is 9.92. The van der Waals surface area contributed by atoms with E-state index in [-0.39, 0.29) is 12.5 Å². The predicted octanol–water partition coefficient (Wildman–Crippen LogP) is 2.00. The van der Waals surface area contributed by atoms with Crippen LogP contribution >= 0.6 is 15.9 Å². The van der Waals surface area contributed by atoms with E-state index in [9.17, 15) is 14.4 Å². The van der Waals surface area contributed by atoms with Crippen molar-refractivity contribution in [2.45, 2.75) is 19.4 Å². The molecule has 1 aliphatic heterocycles. The zero-order chi connectivity index (χ0) is 19.8. The van der Waals surface area contributed by atoms with Crippen LogP contribution in [-0.2, 0) is 22.2 Å². The van der Waals surface area contributed by atoms with Crippen molar-refractivity contribution in [2.24, 2.45) is 7.05 Å². The SMILES string of the molecule is CCN(C(=O)CN1C(=O)NC(C)(c2ccc(Br)cc2)C1=O)c1cnn(C)c1. The summed E-state index contributed by atoms with van der Waals surface area (Å²) in [5, 5.41) is 6.77. The number of anilines is 1. The van der Waals surface area contributed by atoms with Crippen molar-refractivity contribution in [1.29, 1.82) is 0 Å². The summed E-state index contributed by atoms with van der Waals surface area (Å²) in [6, 6.07) is 6.55. The highest BCUT2D eigenvalue weighted by Gasteiger charge is 2.49. The lowest BCUT2D eigenvalue weighted by Crippen LogP contribution is -2.44. The molecule has 8 nitrogen and oxygen atoms in total. The van der Waals surface area contributed by atoms with E-state index in [4.69, 9.17) is 0 Å². The van der Waals surface area contributed by atoms with Crippen LogP contribution in [0, 0.1) is 0 Å². The summed E-state index contributed by atoms with van der Waals surface area (Å²) in [7, 11) is 1.75. The highest BCUT2D eigenvalue weighted by Crippen LogP contribution is 2.29.